The highest BCUT2D eigenvalue weighted by Crippen LogP contribution is 2.66. The Labute approximate surface area is 362 Å². The summed E-state index contributed by atoms with van der Waals surface area (Å²) in [5.41, 5.74) is -1.50. The first-order valence-corrected chi connectivity index (χ1v) is 22.5. The molecular weight excluding hydrogens is 857 g/mol. The maximum Gasteiger partial charge on any atom is 0.250 e. The molecule has 1 aromatic rings. The van der Waals surface area contributed by atoms with Crippen LogP contribution in [-0.4, -0.2) is 134 Å². The molecule has 0 aromatic heterocycles. The fourth-order valence-electron chi connectivity index (χ4n) is 6.81. The van der Waals surface area contributed by atoms with Gasteiger partial charge in [-0.3, -0.25) is 72.1 Å². The first-order valence-electron chi connectivity index (χ1n) is 19.3. The van der Waals surface area contributed by atoms with Gasteiger partial charge in [-0.1, -0.05) is 33.7 Å². The van der Waals surface area contributed by atoms with E-state index in [0.717, 1.165) is 64.6 Å². The molecule has 328 valence electrons. The monoisotopic (exact) mass is 902 g/mol. The van der Waals surface area contributed by atoms with Gasteiger partial charge in [0.15, 0.2) is 38.8 Å². The van der Waals surface area contributed by atoms with Crippen LogP contribution in [0.4, 0.5) is 5.69 Å². The van der Waals surface area contributed by atoms with E-state index in [2.05, 4.69) is 10.6 Å². The molecule has 0 spiro atoms. The summed E-state index contributed by atoms with van der Waals surface area (Å²) in [6.07, 6.45) is -0.274. The lowest BCUT2D eigenvalue weighted by Crippen LogP contribution is -2.54. The summed E-state index contributed by atoms with van der Waals surface area (Å²) in [4.78, 5) is 166. The van der Waals surface area contributed by atoms with Crippen LogP contribution in [0.1, 0.15) is 71.8 Å². The van der Waals surface area contributed by atoms with Crippen molar-refractivity contribution in [3.8, 4) is 0 Å². The molecule has 2 N–H and O–H groups in total. The zero-order chi connectivity index (χ0) is 45.2. The molecule has 3 aliphatic rings. The number of aryl methyl sites for hydroxylation is 1. The van der Waals surface area contributed by atoms with Crippen LogP contribution in [0.15, 0.2) is 24.3 Å². The molecule has 4 rings (SSSR count). The number of ketones is 7. The zero-order valence-electron chi connectivity index (χ0n) is 34.0. The number of β-lactam (4-membered cyclic amide) rings is 1. The van der Waals surface area contributed by atoms with Crippen LogP contribution < -0.4 is 10.6 Å². The second kappa shape index (κ2) is 21.3. The Bertz CT molecular complexity index is 2000. The van der Waals surface area contributed by atoms with Gasteiger partial charge in [0.05, 0.1) is 5.25 Å². The highest BCUT2D eigenvalue weighted by atomic mass is 33.2. The Hall–Kier alpha value is -4.86. The van der Waals surface area contributed by atoms with Crippen molar-refractivity contribution in [2.75, 3.05) is 43.9 Å². The normalized spacial score (nSPS) is 17.2. The molecule has 2 atom stereocenters. The largest absolute Gasteiger partial charge is 0.362 e. The Morgan fingerprint density at radius 2 is 1.48 bits per heavy atom. The fourth-order valence-corrected chi connectivity index (χ4v) is 10.2. The number of nitrogens with one attached hydrogen (secondary N) is 2. The third-order valence-electron chi connectivity index (χ3n) is 10.4. The Morgan fingerprint density at radius 3 is 2.02 bits per heavy atom. The lowest BCUT2D eigenvalue weighted by molar-refractivity contribution is -0.156. The van der Waals surface area contributed by atoms with Crippen molar-refractivity contribution in [3.63, 3.8) is 0 Å². The Balaban J connectivity index is 1.26. The van der Waals surface area contributed by atoms with Crippen LogP contribution in [-0.2, 0) is 73.5 Å². The first-order chi connectivity index (χ1) is 28.7. The number of thioether (sulfide) groups is 1. The average Bonchev–Trinajstić information content (AvgIpc) is 3.96. The molecule has 3 saturated heterocycles. The van der Waals surface area contributed by atoms with Crippen LogP contribution in [0.2, 0.25) is 0 Å². The molecular formula is C40H46N4O14S3. The lowest BCUT2D eigenvalue weighted by Gasteiger charge is -2.28. The zero-order valence-corrected chi connectivity index (χ0v) is 36.4. The number of carbonyl (C=O) groups excluding carboxylic acids is 13. The van der Waals surface area contributed by atoms with Gasteiger partial charge in [-0.2, -0.15) is 0 Å². The minimum atomic E-state index is -2.72. The van der Waals surface area contributed by atoms with E-state index in [9.17, 15) is 62.3 Å². The number of Topliss-reactive ketones (excluding diaryl/α,β-unsaturated/α-hetero) is 7. The quantitative estimate of drug-likeness (QED) is 0.0436. The number of anilines is 1. The Kier molecular flexibility index (Phi) is 17.0. The van der Waals surface area contributed by atoms with Crippen LogP contribution in [0, 0.1) is 11.3 Å². The van der Waals surface area contributed by atoms with Gasteiger partial charge < -0.3 is 15.4 Å². The minimum Gasteiger partial charge on any atom is -0.362 e. The molecule has 3 aliphatic heterocycles. The molecule has 21 heteroatoms. The number of hydrogen-bond donors (Lipinski definition) is 2. The number of rotatable bonds is 26. The number of amides is 6. The lowest BCUT2D eigenvalue weighted by atomic mass is 9.68. The van der Waals surface area contributed by atoms with E-state index in [0.29, 0.717) is 25.1 Å². The number of imide groups is 2. The van der Waals surface area contributed by atoms with Crippen molar-refractivity contribution in [1.82, 2.24) is 15.1 Å². The topological polar surface area (TPSA) is 262 Å². The maximum atomic E-state index is 13.8. The van der Waals surface area contributed by atoms with E-state index in [1.165, 1.54) is 11.8 Å². The van der Waals surface area contributed by atoms with Crippen molar-refractivity contribution in [2.45, 2.75) is 82.0 Å². The van der Waals surface area contributed by atoms with Crippen molar-refractivity contribution in [3.05, 3.63) is 29.8 Å². The van der Waals surface area contributed by atoms with Gasteiger partial charge in [-0.25, -0.2) is 0 Å². The third kappa shape index (κ3) is 12.0. The SMILES string of the molecule is CC(=O)C1(C(=O)CCN2C(=O)CC(SCCC(=O)C[C@H](CNC(=O)COCC(=O)Nc3ccc(CCC(=O)N4CCC4=O)cc3)C(=O)C(C(C)=O)(C(C)=O)C(C)=O)C2=O)SS1. The van der Waals surface area contributed by atoms with Crippen molar-refractivity contribution >= 4 is 115 Å². The summed E-state index contributed by atoms with van der Waals surface area (Å²) in [5, 5.41) is 4.14. The number of benzene rings is 1. The van der Waals surface area contributed by atoms with Crippen molar-refractivity contribution in [1.29, 1.82) is 0 Å². The van der Waals surface area contributed by atoms with Gasteiger partial charge in [-0.05, 0) is 51.8 Å². The molecule has 0 bridgehead atoms. The predicted octanol–water partition coefficient (Wildman–Crippen LogP) is 1.24. The van der Waals surface area contributed by atoms with Gasteiger partial charge in [0.2, 0.25) is 40.9 Å². The summed E-state index contributed by atoms with van der Waals surface area (Å²) >= 11 is 1.01. The summed E-state index contributed by atoms with van der Waals surface area (Å²) in [5.74, 6) is -10.1. The molecule has 61 heavy (non-hydrogen) atoms. The molecule has 18 nitrogen and oxygen atoms in total. The molecule has 0 aliphatic carbocycles. The summed E-state index contributed by atoms with van der Waals surface area (Å²) in [7, 11) is 2.25. The summed E-state index contributed by atoms with van der Waals surface area (Å²) in [6, 6.07) is 6.62. The third-order valence-corrected chi connectivity index (χ3v) is 14.6. The maximum absolute atomic E-state index is 13.8. The summed E-state index contributed by atoms with van der Waals surface area (Å²) in [6.45, 7) is 2.42. The number of carbonyl (C=O) groups is 13. The van der Waals surface area contributed by atoms with E-state index in [1.54, 1.807) is 24.3 Å². The van der Waals surface area contributed by atoms with Crippen molar-refractivity contribution < 1.29 is 67.1 Å². The molecule has 1 unspecified atom stereocenters. The van der Waals surface area contributed by atoms with Gasteiger partial charge in [-0.15, -0.1) is 11.8 Å². The van der Waals surface area contributed by atoms with Crippen LogP contribution in [0.3, 0.4) is 0 Å². The van der Waals surface area contributed by atoms with E-state index >= 15 is 0 Å². The molecule has 6 amide bonds. The van der Waals surface area contributed by atoms with Crippen LogP contribution in [0.25, 0.3) is 0 Å². The number of ether oxygens (including phenoxy) is 1. The molecule has 0 radical (unpaired) electrons. The average molecular weight is 903 g/mol. The standard InChI is InChI=1S/C40H46N4O14S3/c1-22(45)39(23(2)46,24(3)47)37(56)27(17-29(49)13-16-59-30-18-36(55)44(38(30)57)14-11-31(50)40(25(4)48)60-61-40)19-41-32(51)20-58-21-33(52)42-28-8-5-26(6-9-28)7-10-34(53)43-15-12-35(43)54/h5-6,8-9,27,30H,7,10-21H2,1-4H3,(H,41,51)(H,42,52)/t27-,30?/m1/s1. The van der Waals surface area contributed by atoms with Crippen molar-refractivity contribution in [2.24, 2.45) is 11.3 Å². The number of nitrogens with zero attached hydrogens (tertiary/aromatic N) is 2. The molecule has 1 aromatic carbocycles. The van der Waals surface area contributed by atoms with Gasteiger partial charge in [0, 0.05) is 75.5 Å². The summed E-state index contributed by atoms with van der Waals surface area (Å²) < 4.78 is 4.02. The second-order valence-electron chi connectivity index (χ2n) is 14.7. The number of hydrogen-bond acceptors (Lipinski definition) is 17. The highest BCUT2D eigenvalue weighted by Gasteiger charge is 2.57. The Morgan fingerprint density at radius 1 is 0.852 bits per heavy atom. The second-order valence-corrected chi connectivity index (χ2v) is 18.8. The van der Waals surface area contributed by atoms with Crippen LogP contribution >= 0.6 is 33.3 Å². The fraction of sp³-hybridized carbons (Fsp3) is 0.525. The van der Waals surface area contributed by atoms with E-state index in [-0.39, 0.29) is 61.4 Å². The van der Waals surface area contributed by atoms with Gasteiger partial charge in [0.1, 0.15) is 19.0 Å². The molecule has 0 saturated carbocycles. The molecule has 3 heterocycles. The minimum absolute atomic E-state index is 0.0175. The van der Waals surface area contributed by atoms with Gasteiger partial charge >= 0.3 is 0 Å². The van der Waals surface area contributed by atoms with Gasteiger partial charge in [0.25, 0.3) is 0 Å². The van der Waals surface area contributed by atoms with E-state index in [4.69, 9.17) is 4.74 Å². The molecule has 3 fully saturated rings. The van der Waals surface area contributed by atoms with E-state index < -0.39 is 99.4 Å². The first kappa shape index (κ1) is 48.8. The highest BCUT2D eigenvalue weighted by molar-refractivity contribution is 8.94. The predicted molar refractivity (Wildman–Crippen MR) is 222 cm³/mol. The number of likely N-dealkylation sites (tertiary alicyclic amines) is 2. The smallest absolute Gasteiger partial charge is 0.250 e. The van der Waals surface area contributed by atoms with Crippen LogP contribution in [0.5, 0.6) is 0 Å². The van der Waals surface area contributed by atoms with E-state index in [1.807, 2.05) is 0 Å².